The Labute approximate surface area is 177 Å². The highest BCUT2D eigenvalue weighted by Crippen LogP contribution is 2.16. The molecule has 0 saturated carbocycles. The first-order valence-corrected chi connectivity index (χ1v) is 9.88. The van der Waals surface area contributed by atoms with Crippen LogP contribution in [0.3, 0.4) is 0 Å². The summed E-state index contributed by atoms with van der Waals surface area (Å²) in [6.07, 6.45) is 0. The topological polar surface area (TPSA) is 76.4 Å². The van der Waals surface area contributed by atoms with E-state index in [-0.39, 0.29) is 18.3 Å². The highest BCUT2D eigenvalue weighted by Gasteiger charge is 2.23. The van der Waals surface area contributed by atoms with Crippen molar-refractivity contribution >= 4 is 17.5 Å². The maximum Gasteiger partial charge on any atom is 0.260 e. The van der Waals surface area contributed by atoms with Crippen molar-refractivity contribution in [1.82, 2.24) is 30.0 Å². The second-order valence-corrected chi connectivity index (χ2v) is 7.32. The number of tetrazole rings is 1. The first-order chi connectivity index (χ1) is 14.6. The lowest BCUT2D eigenvalue weighted by Crippen LogP contribution is -2.49. The fourth-order valence-corrected chi connectivity index (χ4v) is 3.34. The number of rotatable bonds is 6. The Hall–Kier alpha value is -3.04. The summed E-state index contributed by atoms with van der Waals surface area (Å²) in [4.78, 5) is 16.4. The molecule has 3 aromatic rings. The molecule has 1 fully saturated rings. The Morgan fingerprint density at radius 3 is 2.43 bits per heavy atom. The van der Waals surface area contributed by atoms with Gasteiger partial charge >= 0.3 is 0 Å². The maximum atomic E-state index is 13.2. The Morgan fingerprint density at radius 1 is 1.03 bits per heavy atom. The summed E-state index contributed by atoms with van der Waals surface area (Å²) >= 11 is 5.85. The van der Waals surface area contributed by atoms with E-state index in [4.69, 9.17) is 16.3 Å². The Balaban J connectivity index is 1.28. The smallest absolute Gasteiger partial charge is 0.260 e. The van der Waals surface area contributed by atoms with E-state index < -0.39 is 0 Å². The third-order valence-electron chi connectivity index (χ3n) is 4.87. The number of ether oxygens (including phenoxy) is 1. The van der Waals surface area contributed by atoms with E-state index in [1.54, 1.807) is 46.0 Å². The highest BCUT2D eigenvalue weighted by molar-refractivity contribution is 6.30. The van der Waals surface area contributed by atoms with E-state index in [1.807, 2.05) is 0 Å². The molecule has 0 atom stereocenters. The zero-order valence-corrected chi connectivity index (χ0v) is 16.9. The molecule has 1 aromatic heterocycles. The third-order valence-corrected chi connectivity index (χ3v) is 5.12. The Kier molecular flexibility index (Phi) is 6.20. The van der Waals surface area contributed by atoms with Gasteiger partial charge in [0, 0.05) is 31.2 Å². The second-order valence-electron chi connectivity index (χ2n) is 6.88. The summed E-state index contributed by atoms with van der Waals surface area (Å²) in [5, 5.41) is 12.5. The van der Waals surface area contributed by atoms with Gasteiger partial charge in [0.1, 0.15) is 11.6 Å². The van der Waals surface area contributed by atoms with Crippen molar-refractivity contribution in [3.8, 4) is 11.4 Å². The van der Waals surface area contributed by atoms with E-state index in [0.29, 0.717) is 55.0 Å². The van der Waals surface area contributed by atoms with Crippen molar-refractivity contribution in [1.29, 1.82) is 0 Å². The number of hydrogen-bond donors (Lipinski definition) is 0. The summed E-state index contributed by atoms with van der Waals surface area (Å²) in [5.41, 5.74) is 0.699. The molecule has 0 aliphatic carbocycles. The molecule has 2 heterocycles. The normalized spacial score (nSPS) is 14.7. The van der Waals surface area contributed by atoms with Crippen LogP contribution in [0.2, 0.25) is 5.02 Å². The average molecular weight is 431 g/mol. The molecule has 2 aromatic carbocycles. The van der Waals surface area contributed by atoms with Gasteiger partial charge in [-0.25, -0.2) is 4.39 Å². The molecule has 1 aliphatic heterocycles. The first-order valence-electron chi connectivity index (χ1n) is 9.50. The molecule has 8 nitrogen and oxygen atoms in total. The third kappa shape index (κ3) is 4.92. The van der Waals surface area contributed by atoms with E-state index in [1.165, 1.54) is 12.1 Å². The Bertz CT molecular complexity index is 987. The zero-order chi connectivity index (χ0) is 20.9. The molecule has 30 heavy (non-hydrogen) atoms. The summed E-state index contributed by atoms with van der Waals surface area (Å²) in [7, 11) is 0. The molecule has 0 unspecified atom stereocenters. The number of piperazine rings is 1. The van der Waals surface area contributed by atoms with Gasteiger partial charge in [-0.1, -0.05) is 11.6 Å². The maximum absolute atomic E-state index is 13.2. The molecule has 156 valence electrons. The van der Waals surface area contributed by atoms with Crippen molar-refractivity contribution in [3.63, 3.8) is 0 Å². The zero-order valence-electron chi connectivity index (χ0n) is 16.1. The van der Waals surface area contributed by atoms with Crippen LogP contribution in [0.1, 0.15) is 5.82 Å². The van der Waals surface area contributed by atoms with Crippen molar-refractivity contribution in [2.24, 2.45) is 0 Å². The average Bonchev–Trinajstić information content (AvgIpc) is 3.22. The molecular formula is C20H20ClFN6O2. The number of carbonyl (C=O) groups excluding carboxylic acids is 1. The molecule has 1 aliphatic rings. The lowest BCUT2D eigenvalue weighted by Gasteiger charge is -2.34. The van der Waals surface area contributed by atoms with Crippen molar-refractivity contribution in [2.45, 2.75) is 6.54 Å². The summed E-state index contributed by atoms with van der Waals surface area (Å²) in [6.45, 7) is 3.12. The van der Waals surface area contributed by atoms with Crippen LogP contribution in [0.25, 0.3) is 5.69 Å². The molecule has 0 N–H and O–H groups in total. The number of hydrogen-bond acceptors (Lipinski definition) is 6. The van der Waals surface area contributed by atoms with E-state index >= 15 is 0 Å². The number of benzene rings is 2. The van der Waals surface area contributed by atoms with Crippen LogP contribution in [-0.4, -0.2) is 68.7 Å². The molecule has 1 saturated heterocycles. The predicted molar refractivity (Wildman–Crippen MR) is 108 cm³/mol. The van der Waals surface area contributed by atoms with Gasteiger partial charge in [-0.05, 0) is 59.0 Å². The first kappa shape index (κ1) is 20.2. The molecule has 0 radical (unpaired) electrons. The fourth-order valence-electron chi connectivity index (χ4n) is 3.21. The van der Waals surface area contributed by atoms with Gasteiger partial charge in [0.15, 0.2) is 12.4 Å². The van der Waals surface area contributed by atoms with Crippen molar-refractivity contribution < 1.29 is 13.9 Å². The molecule has 4 rings (SSSR count). The van der Waals surface area contributed by atoms with E-state index in [9.17, 15) is 9.18 Å². The van der Waals surface area contributed by atoms with Crippen molar-refractivity contribution in [3.05, 3.63) is 65.2 Å². The van der Waals surface area contributed by atoms with Crippen LogP contribution in [0.15, 0.2) is 48.5 Å². The minimum absolute atomic E-state index is 0.00948. The van der Waals surface area contributed by atoms with Crippen LogP contribution in [0.5, 0.6) is 5.75 Å². The van der Waals surface area contributed by atoms with Gasteiger partial charge in [-0.15, -0.1) is 5.10 Å². The number of amides is 1. The van der Waals surface area contributed by atoms with E-state index in [2.05, 4.69) is 20.4 Å². The summed E-state index contributed by atoms with van der Waals surface area (Å²) in [6, 6.07) is 12.9. The standard InChI is InChI=1S/C20H20ClFN6O2/c21-15-1-7-18(8-2-15)30-14-20(29)27-11-9-26(10-12-27)13-19-23-24-25-28(19)17-5-3-16(22)4-6-17/h1-8H,9-14H2. The minimum Gasteiger partial charge on any atom is -0.484 e. The number of carbonyl (C=O) groups is 1. The molecule has 10 heteroatoms. The fraction of sp³-hybridized carbons (Fsp3) is 0.300. The van der Waals surface area contributed by atoms with Crippen LogP contribution in [0, 0.1) is 5.82 Å². The predicted octanol–water partition coefficient (Wildman–Crippen LogP) is 2.18. The largest absolute Gasteiger partial charge is 0.484 e. The SMILES string of the molecule is O=C(COc1ccc(Cl)cc1)N1CCN(Cc2nnnn2-c2ccc(F)cc2)CC1. The molecule has 0 spiro atoms. The van der Waals surface area contributed by atoms with Crippen LogP contribution >= 0.6 is 11.6 Å². The lowest BCUT2D eigenvalue weighted by atomic mass is 10.3. The van der Waals surface area contributed by atoms with Gasteiger partial charge in [-0.3, -0.25) is 9.69 Å². The number of halogens is 2. The monoisotopic (exact) mass is 430 g/mol. The minimum atomic E-state index is -0.311. The number of aromatic nitrogens is 4. The van der Waals surface area contributed by atoms with E-state index in [0.717, 1.165) is 0 Å². The quantitative estimate of drug-likeness (QED) is 0.596. The second kappa shape index (κ2) is 9.19. The molecule has 1 amide bonds. The summed E-state index contributed by atoms with van der Waals surface area (Å²) < 4.78 is 20.3. The summed E-state index contributed by atoms with van der Waals surface area (Å²) in [5.74, 6) is 0.904. The van der Waals surface area contributed by atoms with Gasteiger partial charge in [0.2, 0.25) is 0 Å². The van der Waals surface area contributed by atoms with Crippen LogP contribution in [0.4, 0.5) is 4.39 Å². The van der Waals surface area contributed by atoms with Gasteiger partial charge < -0.3 is 9.64 Å². The Morgan fingerprint density at radius 2 is 1.73 bits per heavy atom. The molecular weight excluding hydrogens is 411 g/mol. The van der Waals surface area contributed by atoms with Gasteiger partial charge in [0.05, 0.1) is 12.2 Å². The van der Waals surface area contributed by atoms with Gasteiger partial charge in [-0.2, -0.15) is 4.68 Å². The van der Waals surface area contributed by atoms with Gasteiger partial charge in [0.25, 0.3) is 5.91 Å². The molecule has 0 bridgehead atoms. The van der Waals surface area contributed by atoms with Crippen molar-refractivity contribution in [2.75, 3.05) is 32.8 Å². The van der Waals surface area contributed by atoms with Crippen LogP contribution in [-0.2, 0) is 11.3 Å². The number of nitrogens with zero attached hydrogens (tertiary/aromatic N) is 6. The highest BCUT2D eigenvalue weighted by atomic mass is 35.5. The lowest BCUT2D eigenvalue weighted by molar-refractivity contribution is -0.135. The van der Waals surface area contributed by atoms with Crippen LogP contribution < -0.4 is 4.74 Å².